The summed E-state index contributed by atoms with van der Waals surface area (Å²) in [6.07, 6.45) is 2.38. The Balaban J connectivity index is 1.45. The Morgan fingerprint density at radius 1 is 1.20 bits per heavy atom. The molecule has 0 saturated heterocycles. The highest BCUT2D eigenvalue weighted by molar-refractivity contribution is 7.99. The highest BCUT2D eigenvalue weighted by atomic mass is 35.5. The van der Waals surface area contributed by atoms with Crippen LogP contribution in [-0.2, 0) is 11.3 Å². The van der Waals surface area contributed by atoms with Crippen molar-refractivity contribution in [3.8, 4) is 11.4 Å². The van der Waals surface area contributed by atoms with Gasteiger partial charge in [-0.25, -0.2) is 4.68 Å². The standard InChI is InChI=1S/C22H24ClN5OS/c1-15(17-7-8-17)27(13-16-5-3-2-4-6-16)20(29)14-30-22-26-25-21(28(22)24)18-9-11-19(23)12-10-18/h2-6,9-12,15,17H,7-8,13-14,24H2,1H3. The number of amides is 1. The van der Waals surface area contributed by atoms with Gasteiger partial charge in [0.15, 0.2) is 5.82 Å². The van der Waals surface area contributed by atoms with Crippen LogP contribution < -0.4 is 5.84 Å². The number of benzene rings is 2. The minimum absolute atomic E-state index is 0.0827. The van der Waals surface area contributed by atoms with Gasteiger partial charge in [0, 0.05) is 23.2 Å². The minimum atomic E-state index is 0.0827. The van der Waals surface area contributed by atoms with E-state index >= 15 is 0 Å². The number of carbonyl (C=O) groups is 1. The summed E-state index contributed by atoms with van der Waals surface area (Å²) in [5.74, 6) is 7.67. The molecule has 1 aromatic heterocycles. The van der Waals surface area contributed by atoms with Gasteiger partial charge in [0.25, 0.3) is 0 Å². The van der Waals surface area contributed by atoms with Gasteiger partial charge < -0.3 is 10.7 Å². The second kappa shape index (κ2) is 9.10. The Labute approximate surface area is 185 Å². The number of rotatable bonds is 8. The van der Waals surface area contributed by atoms with E-state index in [1.165, 1.54) is 29.3 Å². The average Bonchev–Trinajstić information content (AvgIpc) is 3.55. The summed E-state index contributed by atoms with van der Waals surface area (Å²) in [6.45, 7) is 2.76. The molecule has 0 spiro atoms. The second-order valence-electron chi connectivity index (χ2n) is 7.56. The molecule has 1 aliphatic carbocycles. The molecule has 30 heavy (non-hydrogen) atoms. The highest BCUT2D eigenvalue weighted by Gasteiger charge is 2.34. The van der Waals surface area contributed by atoms with E-state index < -0.39 is 0 Å². The van der Waals surface area contributed by atoms with Crippen molar-refractivity contribution in [2.45, 2.75) is 37.5 Å². The molecule has 2 N–H and O–H groups in total. The molecular formula is C22H24ClN5OS. The monoisotopic (exact) mass is 441 g/mol. The highest BCUT2D eigenvalue weighted by Crippen LogP contribution is 2.36. The van der Waals surface area contributed by atoms with E-state index in [0.717, 1.165) is 11.1 Å². The number of carbonyl (C=O) groups excluding carboxylic acids is 1. The van der Waals surface area contributed by atoms with Crippen LogP contribution in [0.4, 0.5) is 0 Å². The average molecular weight is 442 g/mol. The molecule has 0 aliphatic heterocycles. The van der Waals surface area contributed by atoms with Crippen LogP contribution in [0.5, 0.6) is 0 Å². The molecule has 2 aromatic carbocycles. The van der Waals surface area contributed by atoms with E-state index in [1.54, 1.807) is 12.1 Å². The molecule has 8 heteroatoms. The Hall–Kier alpha value is -2.51. The Kier molecular flexibility index (Phi) is 6.29. The molecule has 1 unspecified atom stereocenters. The Bertz CT molecular complexity index is 1000. The summed E-state index contributed by atoms with van der Waals surface area (Å²) < 4.78 is 1.42. The minimum Gasteiger partial charge on any atom is -0.335 e. The molecule has 1 atom stereocenters. The van der Waals surface area contributed by atoms with Gasteiger partial charge >= 0.3 is 0 Å². The first-order chi connectivity index (χ1) is 14.5. The van der Waals surface area contributed by atoms with Gasteiger partial charge in [0.05, 0.1) is 5.75 Å². The van der Waals surface area contributed by atoms with Gasteiger partial charge in [-0.3, -0.25) is 4.79 Å². The van der Waals surface area contributed by atoms with Gasteiger partial charge in [-0.15, -0.1) is 10.2 Å². The summed E-state index contributed by atoms with van der Waals surface area (Å²) in [6, 6.07) is 17.6. The van der Waals surface area contributed by atoms with Gasteiger partial charge in [-0.05, 0) is 55.5 Å². The van der Waals surface area contributed by atoms with Crippen LogP contribution in [0.15, 0.2) is 59.8 Å². The van der Waals surface area contributed by atoms with Crippen LogP contribution in [0, 0.1) is 5.92 Å². The number of nitrogens with zero attached hydrogens (tertiary/aromatic N) is 4. The predicted octanol–water partition coefficient (Wildman–Crippen LogP) is 4.23. The van der Waals surface area contributed by atoms with Gasteiger partial charge in [-0.2, -0.15) is 0 Å². The van der Waals surface area contributed by atoms with Crippen LogP contribution in [0.1, 0.15) is 25.3 Å². The zero-order chi connectivity index (χ0) is 21.1. The largest absolute Gasteiger partial charge is 0.335 e. The van der Waals surface area contributed by atoms with Crippen molar-refractivity contribution in [1.29, 1.82) is 0 Å². The molecule has 1 saturated carbocycles. The molecule has 1 fully saturated rings. The lowest BCUT2D eigenvalue weighted by Gasteiger charge is -2.29. The molecule has 0 bridgehead atoms. The van der Waals surface area contributed by atoms with Crippen molar-refractivity contribution in [2.24, 2.45) is 5.92 Å². The summed E-state index contributed by atoms with van der Waals surface area (Å²) in [5.41, 5.74) is 1.95. The third kappa shape index (κ3) is 4.79. The molecule has 0 radical (unpaired) electrons. The number of thioether (sulfide) groups is 1. The summed E-state index contributed by atoms with van der Waals surface area (Å²) in [7, 11) is 0. The normalized spacial score (nSPS) is 14.5. The summed E-state index contributed by atoms with van der Waals surface area (Å²) in [5, 5.41) is 9.50. The lowest BCUT2D eigenvalue weighted by molar-refractivity contribution is -0.131. The zero-order valence-electron chi connectivity index (χ0n) is 16.7. The van der Waals surface area contributed by atoms with E-state index in [4.69, 9.17) is 17.4 Å². The number of halogens is 1. The third-order valence-corrected chi connectivity index (χ3v) is 6.58. The lowest BCUT2D eigenvalue weighted by Crippen LogP contribution is -2.40. The van der Waals surface area contributed by atoms with Crippen molar-refractivity contribution in [3.63, 3.8) is 0 Å². The van der Waals surface area contributed by atoms with Crippen LogP contribution in [0.3, 0.4) is 0 Å². The maximum atomic E-state index is 13.1. The second-order valence-corrected chi connectivity index (χ2v) is 8.94. The molecule has 1 heterocycles. The molecule has 1 amide bonds. The SMILES string of the molecule is CC(C1CC1)N(Cc1ccccc1)C(=O)CSc1nnc(-c2ccc(Cl)cc2)n1N. The number of hydrogen-bond donors (Lipinski definition) is 1. The molecule has 6 nitrogen and oxygen atoms in total. The van der Waals surface area contributed by atoms with E-state index in [1.807, 2.05) is 35.2 Å². The van der Waals surface area contributed by atoms with Gasteiger partial charge in [0.2, 0.25) is 11.1 Å². The van der Waals surface area contributed by atoms with Crippen LogP contribution in [0.2, 0.25) is 5.02 Å². The van der Waals surface area contributed by atoms with Crippen LogP contribution in [0.25, 0.3) is 11.4 Å². The fourth-order valence-electron chi connectivity index (χ4n) is 3.45. The molecule has 1 aliphatic rings. The number of nitrogens with two attached hydrogens (primary N) is 1. The third-order valence-electron chi connectivity index (χ3n) is 5.40. The Morgan fingerprint density at radius 3 is 2.57 bits per heavy atom. The first-order valence-electron chi connectivity index (χ1n) is 9.95. The van der Waals surface area contributed by atoms with E-state index in [-0.39, 0.29) is 17.7 Å². The van der Waals surface area contributed by atoms with Gasteiger partial charge in [-0.1, -0.05) is 53.7 Å². The maximum Gasteiger partial charge on any atom is 0.233 e. The topological polar surface area (TPSA) is 77.0 Å². The first kappa shape index (κ1) is 20.8. The Morgan fingerprint density at radius 2 is 1.90 bits per heavy atom. The summed E-state index contributed by atoms with van der Waals surface area (Å²) in [4.78, 5) is 15.1. The molecule has 3 aromatic rings. The zero-order valence-corrected chi connectivity index (χ0v) is 18.3. The van der Waals surface area contributed by atoms with Gasteiger partial charge in [0.1, 0.15) is 0 Å². The predicted molar refractivity (Wildman–Crippen MR) is 121 cm³/mol. The van der Waals surface area contributed by atoms with Crippen molar-refractivity contribution in [1.82, 2.24) is 19.8 Å². The molecule has 156 valence electrons. The fourth-order valence-corrected chi connectivity index (χ4v) is 4.32. The van der Waals surface area contributed by atoms with Crippen molar-refractivity contribution < 1.29 is 4.79 Å². The maximum absolute atomic E-state index is 13.1. The van der Waals surface area contributed by atoms with E-state index in [9.17, 15) is 4.79 Å². The number of aromatic nitrogens is 3. The van der Waals surface area contributed by atoms with Crippen molar-refractivity contribution in [2.75, 3.05) is 11.6 Å². The van der Waals surface area contributed by atoms with E-state index in [0.29, 0.717) is 28.5 Å². The van der Waals surface area contributed by atoms with Crippen molar-refractivity contribution in [3.05, 3.63) is 65.2 Å². The smallest absolute Gasteiger partial charge is 0.233 e. The molecular weight excluding hydrogens is 418 g/mol. The number of nitrogen functional groups attached to an aromatic ring is 1. The van der Waals surface area contributed by atoms with E-state index in [2.05, 4.69) is 29.3 Å². The summed E-state index contributed by atoms with van der Waals surface area (Å²) >= 11 is 7.26. The number of hydrogen-bond acceptors (Lipinski definition) is 5. The molecule has 4 rings (SSSR count). The quantitative estimate of drug-likeness (QED) is 0.418. The van der Waals surface area contributed by atoms with Crippen LogP contribution >= 0.6 is 23.4 Å². The van der Waals surface area contributed by atoms with Crippen molar-refractivity contribution >= 4 is 29.3 Å². The van der Waals surface area contributed by atoms with Crippen LogP contribution in [-0.4, -0.2) is 37.5 Å². The fraction of sp³-hybridized carbons (Fsp3) is 0.318. The first-order valence-corrected chi connectivity index (χ1v) is 11.3. The lowest BCUT2D eigenvalue weighted by atomic mass is 10.1.